The van der Waals surface area contributed by atoms with Gasteiger partial charge >= 0.3 is 5.97 Å². The molecule has 1 aromatic rings. The van der Waals surface area contributed by atoms with Crippen molar-refractivity contribution in [2.45, 2.75) is 32.4 Å². The number of aryl methyl sites for hydroxylation is 1. The highest BCUT2D eigenvalue weighted by Gasteiger charge is 2.33. The summed E-state index contributed by atoms with van der Waals surface area (Å²) in [7, 11) is 0. The molecule has 1 heterocycles. The number of nitrogens with zero attached hydrogens (tertiary/aromatic N) is 1. The number of carbonyl (C=O) groups is 1. The third kappa shape index (κ3) is 3.14. The normalized spacial score (nSPS) is 22.1. The first-order valence-electron chi connectivity index (χ1n) is 6.89. The molecule has 19 heavy (non-hydrogen) atoms. The molecule has 4 nitrogen and oxygen atoms in total. The Hall–Kier alpha value is -1.39. The van der Waals surface area contributed by atoms with Crippen LogP contribution in [0.4, 0.5) is 0 Å². The van der Waals surface area contributed by atoms with E-state index in [1.165, 1.54) is 11.1 Å². The monoisotopic (exact) mass is 262 g/mol. The lowest BCUT2D eigenvalue weighted by Crippen LogP contribution is -2.55. The zero-order valence-corrected chi connectivity index (χ0v) is 11.6. The van der Waals surface area contributed by atoms with Crippen LogP contribution in [0.3, 0.4) is 0 Å². The van der Waals surface area contributed by atoms with Gasteiger partial charge < -0.3 is 10.4 Å². The van der Waals surface area contributed by atoms with Crippen molar-refractivity contribution in [3.63, 3.8) is 0 Å². The van der Waals surface area contributed by atoms with Gasteiger partial charge in [0, 0.05) is 25.7 Å². The molecule has 0 radical (unpaired) electrons. The van der Waals surface area contributed by atoms with Gasteiger partial charge in [0.1, 0.15) is 6.04 Å². The lowest BCUT2D eigenvalue weighted by molar-refractivity contribution is -0.145. The summed E-state index contributed by atoms with van der Waals surface area (Å²) >= 11 is 0. The fraction of sp³-hybridized carbons (Fsp3) is 0.533. The molecular weight excluding hydrogens is 240 g/mol. The number of hydrogen-bond acceptors (Lipinski definition) is 3. The molecule has 2 rings (SSSR count). The zero-order valence-electron chi connectivity index (χ0n) is 11.6. The summed E-state index contributed by atoms with van der Waals surface area (Å²) in [5.74, 6) is -0.738. The quantitative estimate of drug-likeness (QED) is 0.869. The van der Waals surface area contributed by atoms with E-state index in [9.17, 15) is 9.90 Å². The molecule has 1 aromatic carbocycles. The molecule has 4 heteroatoms. The van der Waals surface area contributed by atoms with Crippen LogP contribution < -0.4 is 5.32 Å². The van der Waals surface area contributed by atoms with Gasteiger partial charge in [0.25, 0.3) is 0 Å². The minimum absolute atomic E-state index is 0.184. The van der Waals surface area contributed by atoms with Crippen molar-refractivity contribution in [3.8, 4) is 0 Å². The smallest absolute Gasteiger partial charge is 0.322 e. The zero-order chi connectivity index (χ0) is 13.8. The maximum absolute atomic E-state index is 11.4. The Bertz CT molecular complexity index is 430. The molecule has 2 N–H and O–H groups in total. The molecule has 1 fully saturated rings. The van der Waals surface area contributed by atoms with E-state index in [4.69, 9.17) is 0 Å². The Kier molecular flexibility index (Phi) is 4.56. The molecular formula is C15H22N2O2. The Balaban J connectivity index is 2.24. The van der Waals surface area contributed by atoms with Gasteiger partial charge in [-0.15, -0.1) is 0 Å². The molecule has 0 saturated carbocycles. The molecule has 0 aromatic heterocycles. The third-order valence-electron chi connectivity index (χ3n) is 3.82. The summed E-state index contributed by atoms with van der Waals surface area (Å²) in [5, 5.41) is 12.5. The van der Waals surface area contributed by atoms with Gasteiger partial charge in [0.15, 0.2) is 0 Å². The van der Waals surface area contributed by atoms with Gasteiger partial charge in [-0.05, 0) is 18.9 Å². The van der Waals surface area contributed by atoms with Crippen molar-refractivity contribution in [1.82, 2.24) is 10.2 Å². The van der Waals surface area contributed by atoms with Gasteiger partial charge in [-0.3, -0.25) is 9.69 Å². The SMILES string of the molecule is CCC(c1ccc(C)cc1)N1CCNCC1C(=O)O. The van der Waals surface area contributed by atoms with Crippen molar-refractivity contribution < 1.29 is 9.90 Å². The van der Waals surface area contributed by atoms with Gasteiger partial charge in [0.05, 0.1) is 0 Å². The van der Waals surface area contributed by atoms with Crippen molar-refractivity contribution in [3.05, 3.63) is 35.4 Å². The van der Waals surface area contributed by atoms with Crippen LogP contribution in [-0.2, 0) is 4.79 Å². The number of nitrogens with one attached hydrogen (secondary N) is 1. The lowest BCUT2D eigenvalue weighted by Gasteiger charge is -2.39. The number of piperazine rings is 1. The number of carboxylic acids is 1. The third-order valence-corrected chi connectivity index (χ3v) is 3.82. The highest BCUT2D eigenvalue weighted by atomic mass is 16.4. The molecule has 0 spiro atoms. The molecule has 0 bridgehead atoms. The lowest BCUT2D eigenvalue weighted by atomic mass is 9.98. The first kappa shape index (κ1) is 14.0. The number of rotatable bonds is 4. The fourth-order valence-electron chi connectivity index (χ4n) is 2.77. The molecule has 1 aliphatic rings. The van der Waals surface area contributed by atoms with E-state index in [-0.39, 0.29) is 6.04 Å². The van der Waals surface area contributed by atoms with Crippen LogP contribution in [0, 0.1) is 6.92 Å². The second-order valence-electron chi connectivity index (χ2n) is 5.13. The average Bonchev–Trinajstić information content (AvgIpc) is 2.42. The predicted octanol–water partition coefficient (Wildman–Crippen LogP) is 1.80. The summed E-state index contributed by atoms with van der Waals surface area (Å²) in [6, 6.07) is 8.17. The summed E-state index contributed by atoms with van der Waals surface area (Å²) in [4.78, 5) is 13.5. The van der Waals surface area contributed by atoms with Crippen LogP contribution in [0.1, 0.15) is 30.5 Å². The van der Waals surface area contributed by atoms with E-state index in [1.54, 1.807) is 0 Å². The Morgan fingerprint density at radius 3 is 2.74 bits per heavy atom. The number of benzene rings is 1. The van der Waals surface area contributed by atoms with Gasteiger partial charge in [-0.2, -0.15) is 0 Å². The van der Waals surface area contributed by atoms with Crippen molar-refractivity contribution >= 4 is 5.97 Å². The molecule has 1 aliphatic heterocycles. The van der Waals surface area contributed by atoms with Crippen molar-refractivity contribution in [2.75, 3.05) is 19.6 Å². The Morgan fingerprint density at radius 1 is 1.47 bits per heavy atom. The number of hydrogen-bond donors (Lipinski definition) is 2. The molecule has 0 amide bonds. The number of carboxylic acid groups (broad SMARTS) is 1. The second-order valence-corrected chi connectivity index (χ2v) is 5.13. The highest BCUT2D eigenvalue weighted by molar-refractivity contribution is 5.74. The maximum Gasteiger partial charge on any atom is 0.322 e. The molecule has 1 saturated heterocycles. The van der Waals surface area contributed by atoms with Crippen LogP contribution in [0.2, 0.25) is 0 Å². The van der Waals surface area contributed by atoms with Crippen LogP contribution in [0.5, 0.6) is 0 Å². The molecule has 2 atom stereocenters. The second kappa shape index (κ2) is 6.17. The summed E-state index contributed by atoms with van der Waals surface area (Å²) in [5.41, 5.74) is 2.44. The van der Waals surface area contributed by atoms with E-state index in [0.717, 1.165) is 19.5 Å². The van der Waals surface area contributed by atoms with Gasteiger partial charge in [0.2, 0.25) is 0 Å². The van der Waals surface area contributed by atoms with E-state index in [0.29, 0.717) is 6.54 Å². The topological polar surface area (TPSA) is 52.6 Å². The van der Waals surface area contributed by atoms with Crippen molar-refractivity contribution in [2.24, 2.45) is 0 Å². The summed E-state index contributed by atoms with van der Waals surface area (Å²) < 4.78 is 0. The Labute approximate surface area is 114 Å². The maximum atomic E-state index is 11.4. The minimum atomic E-state index is -0.738. The summed E-state index contributed by atoms with van der Waals surface area (Å²) in [6.45, 7) is 6.34. The van der Waals surface area contributed by atoms with Gasteiger partial charge in [-0.25, -0.2) is 0 Å². The molecule has 2 unspecified atom stereocenters. The van der Waals surface area contributed by atoms with E-state index in [1.807, 2.05) is 0 Å². The van der Waals surface area contributed by atoms with E-state index in [2.05, 4.69) is 48.3 Å². The first-order chi connectivity index (χ1) is 9.13. The van der Waals surface area contributed by atoms with Gasteiger partial charge in [-0.1, -0.05) is 36.8 Å². The minimum Gasteiger partial charge on any atom is -0.480 e. The van der Waals surface area contributed by atoms with Crippen LogP contribution in [0.25, 0.3) is 0 Å². The summed E-state index contributed by atoms with van der Waals surface area (Å²) in [6.07, 6.45) is 0.923. The van der Waals surface area contributed by atoms with E-state index < -0.39 is 12.0 Å². The highest BCUT2D eigenvalue weighted by Crippen LogP contribution is 2.27. The van der Waals surface area contributed by atoms with Crippen LogP contribution in [0.15, 0.2) is 24.3 Å². The first-order valence-corrected chi connectivity index (χ1v) is 6.89. The molecule has 0 aliphatic carbocycles. The average molecular weight is 262 g/mol. The predicted molar refractivity (Wildman–Crippen MR) is 75.2 cm³/mol. The number of aliphatic carboxylic acids is 1. The largest absolute Gasteiger partial charge is 0.480 e. The van der Waals surface area contributed by atoms with E-state index >= 15 is 0 Å². The standard InChI is InChI=1S/C15H22N2O2/c1-3-13(12-6-4-11(2)5-7-12)17-9-8-16-10-14(17)15(18)19/h4-7,13-14,16H,3,8-10H2,1-2H3,(H,18,19). The van der Waals surface area contributed by atoms with Crippen molar-refractivity contribution in [1.29, 1.82) is 0 Å². The fourth-order valence-corrected chi connectivity index (χ4v) is 2.77. The molecule has 104 valence electrons. The Morgan fingerprint density at radius 2 is 2.16 bits per heavy atom. The van der Waals surface area contributed by atoms with Crippen LogP contribution in [-0.4, -0.2) is 41.7 Å². The van der Waals surface area contributed by atoms with Crippen LogP contribution >= 0.6 is 0 Å².